The zero-order valence-corrected chi connectivity index (χ0v) is 6.39. The van der Waals surface area contributed by atoms with Gasteiger partial charge in [0, 0.05) is 0 Å². The van der Waals surface area contributed by atoms with E-state index in [9.17, 15) is 4.91 Å². The molecule has 2 nitrogen and oxygen atoms in total. The summed E-state index contributed by atoms with van der Waals surface area (Å²) >= 11 is 0. The average molecular weight is 139 g/mol. The van der Waals surface area contributed by atoms with Gasteiger partial charge in [0.05, 0.1) is 5.70 Å². The van der Waals surface area contributed by atoms with Crippen LogP contribution in [-0.2, 0) is 0 Å². The summed E-state index contributed by atoms with van der Waals surface area (Å²) in [5.41, 5.74) is 2.14. The van der Waals surface area contributed by atoms with E-state index in [1.54, 1.807) is 0 Å². The van der Waals surface area contributed by atoms with E-state index in [0.29, 0.717) is 0 Å². The molecule has 0 fully saturated rings. The minimum atomic E-state index is 0.835. The van der Waals surface area contributed by atoms with Crippen LogP contribution in [-0.4, -0.2) is 0 Å². The van der Waals surface area contributed by atoms with Gasteiger partial charge in [0.1, 0.15) is 0 Å². The van der Waals surface area contributed by atoms with E-state index in [-0.39, 0.29) is 0 Å². The van der Waals surface area contributed by atoms with Crippen LogP contribution in [0.1, 0.15) is 39.0 Å². The molecule has 1 aliphatic rings. The number of allylic oxidation sites excluding steroid dienone is 2. The van der Waals surface area contributed by atoms with E-state index < -0.39 is 0 Å². The third-order valence-electron chi connectivity index (χ3n) is 1.96. The van der Waals surface area contributed by atoms with Gasteiger partial charge >= 0.3 is 0 Å². The maximum atomic E-state index is 10.2. The van der Waals surface area contributed by atoms with Crippen LogP contribution in [0.4, 0.5) is 0 Å². The first-order valence-electron chi connectivity index (χ1n) is 3.92. The fourth-order valence-electron chi connectivity index (χ4n) is 1.47. The fraction of sp³-hybridized carbons (Fsp3) is 0.750. The molecule has 0 unspecified atom stereocenters. The van der Waals surface area contributed by atoms with Crippen LogP contribution in [0.15, 0.2) is 16.4 Å². The van der Waals surface area contributed by atoms with Crippen LogP contribution in [0, 0.1) is 4.91 Å². The minimum Gasteiger partial charge on any atom is -0.145 e. The lowest BCUT2D eigenvalue weighted by Gasteiger charge is -1.96. The molecule has 1 aliphatic carbocycles. The Morgan fingerprint density at radius 1 is 1.50 bits per heavy atom. The van der Waals surface area contributed by atoms with Crippen LogP contribution < -0.4 is 0 Å². The summed E-state index contributed by atoms with van der Waals surface area (Å²) in [5.74, 6) is 0. The summed E-state index contributed by atoms with van der Waals surface area (Å²) in [6.45, 7) is 2.13. The van der Waals surface area contributed by atoms with Crippen molar-refractivity contribution in [2.45, 2.75) is 39.0 Å². The molecular weight excluding hydrogens is 126 g/mol. The number of nitrogens with zero attached hydrogens (tertiary/aromatic N) is 1. The van der Waals surface area contributed by atoms with Gasteiger partial charge in [0.25, 0.3) is 0 Å². The summed E-state index contributed by atoms with van der Waals surface area (Å²) in [7, 11) is 0. The Hall–Kier alpha value is -0.660. The third kappa shape index (κ3) is 1.43. The summed E-state index contributed by atoms with van der Waals surface area (Å²) in [6, 6.07) is 0. The van der Waals surface area contributed by atoms with Crippen molar-refractivity contribution in [2.75, 3.05) is 0 Å². The van der Waals surface area contributed by atoms with Crippen molar-refractivity contribution in [3.8, 4) is 0 Å². The molecule has 0 aromatic rings. The Balaban J connectivity index is 2.58. The Morgan fingerprint density at radius 3 is 2.90 bits per heavy atom. The molecule has 1 rings (SSSR count). The van der Waals surface area contributed by atoms with Gasteiger partial charge in [-0.1, -0.05) is 13.3 Å². The summed E-state index contributed by atoms with van der Waals surface area (Å²) in [4.78, 5) is 10.2. The van der Waals surface area contributed by atoms with Crippen LogP contribution in [0.3, 0.4) is 0 Å². The Kier molecular flexibility index (Phi) is 2.60. The van der Waals surface area contributed by atoms with E-state index in [0.717, 1.165) is 37.8 Å². The lowest BCUT2D eigenvalue weighted by atomic mass is 10.1. The van der Waals surface area contributed by atoms with Crippen molar-refractivity contribution in [2.24, 2.45) is 5.18 Å². The highest BCUT2D eigenvalue weighted by Gasteiger charge is 2.13. The van der Waals surface area contributed by atoms with E-state index in [1.165, 1.54) is 5.57 Å². The molecular formula is C8H13NO. The number of rotatable bonds is 3. The Bertz CT molecular complexity index is 161. The van der Waals surface area contributed by atoms with Crippen molar-refractivity contribution in [1.29, 1.82) is 0 Å². The summed E-state index contributed by atoms with van der Waals surface area (Å²) < 4.78 is 0. The maximum Gasteiger partial charge on any atom is 0.0841 e. The Morgan fingerprint density at radius 2 is 2.30 bits per heavy atom. The molecule has 0 aliphatic heterocycles. The number of nitroso groups, excluding NO2 is 1. The van der Waals surface area contributed by atoms with Gasteiger partial charge in [-0.3, -0.25) is 0 Å². The highest BCUT2D eigenvalue weighted by atomic mass is 16.3. The molecule has 0 N–H and O–H groups in total. The van der Waals surface area contributed by atoms with Crippen molar-refractivity contribution < 1.29 is 0 Å². The highest BCUT2D eigenvalue weighted by molar-refractivity contribution is 5.17. The molecule has 10 heavy (non-hydrogen) atoms. The first kappa shape index (κ1) is 7.45. The van der Waals surface area contributed by atoms with Gasteiger partial charge in [-0.05, 0) is 36.4 Å². The van der Waals surface area contributed by atoms with Crippen molar-refractivity contribution >= 4 is 0 Å². The predicted molar refractivity (Wildman–Crippen MR) is 41.6 cm³/mol. The third-order valence-corrected chi connectivity index (χ3v) is 1.96. The average Bonchev–Trinajstić information content (AvgIpc) is 2.36. The number of hydrogen-bond acceptors (Lipinski definition) is 2. The molecule has 0 saturated carbocycles. The SMILES string of the molecule is CCCC1=C(N=O)CCC1. The van der Waals surface area contributed by atoms with Crippen LogP contribution in [0.2, 0.25) is 0 Å². The molecule has 0 amide bonds. The summed E-state index contributed by atoms with van der Waals surface area (Å²) in [6.07, 6.45) is 5.36. The monoisotopic (exact) mass is 139 g/mol. The van der Waals surface area contributed by atoms with Crippen molar-refractivity contribution in [3.05, 3.63) is 16.2 Å². The zero-order valence-electron chi connectivity index (χ0n) is 6.39. The molecule has 0 saturated heterocycles. The molecule has 56 valence electrons. The molecule has 0 aromatic heterocycles. The lowest BCUT2D eigenvalue weighted by Crippen LogP contribution is -1.79. The van der Waals surface area contributed by atoms with Gasteiger partial charge in [-0.2, -0.15) is 0 Å². The largest absolute Gasteiger partial charge is 0.145 e. The van der Waals surface area contributed by atoms with E-state index in [1.807, 2.05) is 0 Å². The second kappa shape index (κ2) is 3.49. The number of hydrogen-bond donors (Lipinski definition) is 0. The molecule has 0 radical (unpaired) electrons. The van der Waals surface area contributed by atoms with Crippen molar-refractivity contribution in [1.82, 2.24) is 0 Å². The van der Waals surface area contributed by atoms with Gasteiger partial charge in [0.2, 0.25) is 0 Å². The summed E-state index contributed by atoms with van der Waals surface area (Å²) in [5, 5.41) is 3.02. The molecule has 0 spiro atoms. The molecule has 0 aromatic carbocycles. The van der Waals surface area contributed by atoms with Crippen molar-refractivity contribution in [3.63, 3.8) is 0 Å². The smallest absolute Gasteiger partial charge is 0.0841 e. The molecule has 2 heteroatoms. The predicted octanol–water partition coefficient (Wildman–Crippen LogP) is 2.99. The first-order valence-corrected chi connectivity index (χ1v) is 3.92. The quantitative estimate of drug-likeness (QED) is 0.552. The van der Waals surface area contributed by atoms with Gasteiger partial charge < -0.3 is 0 Å². The van der Waals surface area contributed by atoms with E-state index >= 15 is 0 Å². The maximum absolute atomic E-state index is 10.2. The molecule has 0 bridgehead atoms. The van der Waals surface area contributed by atoms with Gasteiger partial charge in [0.15, 0.2) is 0 Å². The zero-order chi connectivity index (χ0) is 7.40. The molecule has 0 heterocycles. The van der Waals surface area contributed by atoms with Gasteiger partial charge in [-0.25, -0.2) is 0 Å². The van der Waals surface area contributed by atoms with Crippen LogP contribution in [0.5, 0.6) is 0 Å². The van der Waals surface area contributed by atoms with E-state index in [2.05, 4.69) is 12.1 Å². The lowest BCUT2D eigenvalue weighted by molar-refractivity contribution is 0.830. The standard InChI is InChI=1S/C8H13NO/c1-2-4-7-5-3-6-8(7)9-10/h2-6H2,1H3. The highest BCUT2D eigenvalue weighted by Crippen LogP contribution is 2.29. The molecule has 0 atom stereocenters. The normalized spacial score (nSPS) is 18.1. The topological polar surface area (TPSA) is 29.4 Å². The Labute approximate surface area is 61.3 Å². The minimum absolute atomic E-state index is 0.835. The second-order valence-corrected chi connectivity index (χ2v) is 2.75. The van der Waals surface area contributed by atoms with Gasteiger partial charge in [-0.15, -0.1) is 4.91 Å². The van der Waals surface area contributed by atoms with Crippen LogP contribution >= 0.6 is 0 Å². The second-order valence-electron chi connectivity index (χ2n) is 2.75. The van der Waals surface area contributed by atoms with Crippen LogP contribution in [0.25, 0.3) is 0 Å². The fourth-order valence-corrected chi connectivity index (χ4v) is 1.47. The van der Waals surface area contributed by atoms with E-state index in [4.69, 9.17) is 0 Å². The first-order chi connectivity index (χ1) is 4.88.